The first-order valence-corrected chi connectivity index (χ1v) is 9.24. The number of carbonyl (C=O) groups is 2. The molecule has 4 rings (SSSR count). The minimum Gasteiger partial charge on any atom is -0.485 e. The lowest BCUT2D eigenvalue weighted by molar-refractivity contribution is -0.135. The Balaban J connectivity index is 1.32. The van der Waals surface area contributed by atoms with Crippen LogP contribution in [0.3, 0.4) is 0 Å². The zero-order valence-corrected chi connectivity index (χ0v) is 14.7. The first-order valence-electron chi connectivity index (χ1n) is 8.37. The quantitative estimate of drug-likeness (QED) is 0.782. The predicted octanol–water partition coefficient (Wildman–Crippen LogP) is 1.10. The topological polar surface area (TPSA) is 92.8 Å². The first kappa shape index (κ1) is 16.6. The van der Waals surface area contributed by atoms with E-state index >= 15 is 0 Å². The summed E-state index contributed by atoms with van der Waals surface area (Å²) in [5.41, 5.74) is 4.94. The van der Waals surface area contributed by atoms with Gasteiger partial charge in [-0.1, -0.05) is 12.1 Å². The molecule has 8 nitrogen and oxygen atoms in total. The van der Waals surface area contributed by atoms with E-state index in [0.29, 0.717) is 11.5 Å². The van der Waals surface area contributed by atoms with Gasteiger partial charge < -0.3 is 14.4 Å². The molecule has 0 aliphatic carbocycles. The summed E-state index contributed by atoms with van der Waals surface area (Å²) in [7, 11) is 0. The van der Waals surface area contributed by atoms with E-state index < -0.39 is 12.0 Å². The summed E-state index contributed by atoms with van der Waals surface area (Å²) in [6, 6.07) is 6.80. The number of hydrogen-bond acceptors (Lipinski definition) is 7. The van der Waals surface area contributed by atoms with Crippen LogP contribution in [0.15, 0.2) is 35.8 Å². The Morgan fingerprint density at radius 3 is 2.81 bits per heavy atom. The maximum absolute atomic E-state index is 12.5. The Kier molecular flexibility index (Phi) is 4.61. The zero-order chi connectivity index (χ0) is 17.9. The minimum atomic E-state index is -0.816. The maximum Gasteiger partial charge on any atom is 0.283 e. The van der Waals surface area contributed by atoms with Gasteiger partial charge in [-0.3, -0.25) is 20.4 Å². The summed E-state index contributed by atoms with van der Waals surface area (Å²) >= 11 is 1.49. The van der Waals surface area contributed by atoms with Crippen molar-refractivity contribution in [2.24, 2.45) is 0 Å². The molecule has 1 aromatic heterocycles. The number of amides is 2. The van der Waals surface area contributed by atoms with Crippen molar-refractivity contribution >= 4 is 28.3 Å². The van der Waals surface area contributed by atoms with Gasteiger partial charge in [0.15, 0.2) is 16.6 Å². The first-order chi connectivity index (χ1) is 12.7. The van der Waals surface area contributed by atoms with E-state index in [4.69, 9.17) is 9.47 Å². The van der Waals surface area contributed by atoms with Crippen LogP contribution in [0.4, 0.5) is 5.13 Å². The maximum atomic E-state index is 12.5. The Labute approximate surface area is 154 Å². The number of hydrazine groups is 1. The van der Waals surface area contributed by atoms with Crippen molar-refractivity contribution in [2.75, 3.05) is 18.1 Å². The second-order valence-corrected chi connectivity index (χ2v) is 6.88. The number of carbonyl (C=O) groups excluding carboxylic acids is 2. The average Bonchev–Trinajstić information content (AvgIpc) is 3.36. The number of nitrogens with one attached hydrogen (secondary N) is 2. The SMILES string of the molecule is O=C(NNC(=O)[C@@H]1CCCN1c1nccs1)[C@@H]1COc2ccccc2O1. The molecule has 2 N–H and O–H groups in total. The molecule has 136 valence electrons. The molecule has 3 heterocycles. The van der Waals surface area contributed by atoms with Gasteiger partial charge in [-0.15, -0.1) is 11.3 Å². The Morgan fingerprint density at radius 1 is 1.19 bits per heavy atom. The van der Waals surface area contributed by atoms with E-state index in [1.54, 1.807) is 24.4 Å². The van der Waals surface area contributed by atoms with Crippen LogP contribution in [-0.2, 0) is 9.59 Å². The summed E-state index contributed by atoms with van der Waals surface area (Å²) in [5, 5.41) is 2.69. The number of thiazole rings is 1. The predicted molar refractivity (Wildman–Crippen MR) is 95.1 cm³/mol. The summed E-state index contributed by atoms with van der Waals surface area (Å²) in [6.45, 7) is 0.864. The van der Waals surface area contributed by atoms with Crippen molar-refractivity contribution < 1.29 is 19.1 Å². The highest BCUT2D eigenvalue weighted by atomic mass is 32.1. The van der Waals surface area contributed by atoms with Gasteiger partial charge >= 0.3 is 0 Å². The fourth-order valence-corrected chi connectivity index (χ4v) is 3.78. The van der Waals surface area contributed by atoms with Crippen molar-refractivity contribution in [1.29, 1.82) is 0 Å². The molecule has 0 spiro atoms. The number of aromatic nitrogens is 1. The van der Waals surface area contributed by atoms with E-state index in [1.807, 2.05) is 16.3 Å². The van der Waals surface area contributed by atoms with E-state index in [0.717, 1.165) is 24.5 Å². The Bertz CT molecular complexity index is 798. The van der Waals surface area contributed by atoms with Crippen molar-refractivity contribution in [3.05, 3.63) is 35.8 Å². The molecule has 2 atom stereocenters. The largest absolute Gasteiger partial charge is 0.485 e. The normalized spacial score (nSPS) is 21.3. The van der Waals surface area contributed by atoms with Gasteiger partial charge in [0.05, 0.1) is 0 Å². The van der Waals surface area contributed by atoms with Gasteiger partial charge in [0, 0.05) is 18.1 Å². The molecular formula is C17H18N4O4S. The van der Waals surface area contributed by atoms with Crippen LogP contribution in [0.5, 0.6) is 11.5 Å². The van der Waals surface area contributed by atoms with Gasteiger partial charge in [0.2, 0.25) is 6.10 Å². The lowest BCUT2D eigenvalue weighted by Crippen LogP contribution is -2.54. The standard InChI is InChI=1S/C17H18N4O4S/c22-15(11-4-3-8-21(11)17-18-7-9-26-17)19-20-16(23)14-10-24-12-5-1-2-6-13(12)25-14/h1-2,5-7,9,11,14H,3-4,8,10H2,(H,19,22)(H,20,23)/t11-,14-/m0/s1. The molecular weight excluding hydrogens is 356 g/mol. The van der Waals surface area contributed by atoms with Crippen molar-refractivity contribution in [1.82, 2.24) is 15.8 Å². The van der Waals surface area contributed by atoms with Gasteiger partial charge in [-0.2, -0.15) is 0 Å². The molecule has 2 aromatic rings. The third kappa shape index (κ3) is 3.30. The fourth-order valence-electron chi connectivity index (χ4n) is 3.06. The van der Waals surface area contributed by atoms with Gasteiger partial charge in [0.1, 0.15) is 12.6 Å². The second kappa shape index (κ2) is 7.20. The smallest absolute Gasteiger partial charge is 0.283 e. The van der Waals surface area contributed by atoms with Crippen molar-refractivity contribution in [3.8, 4) is 11.5 Å². The van der Waals surface area contributed by atoms with Crippen LogP contribution in [0.25, 0.3) is 0 Å². The second-order valence-electron chi connectivity index (χ2n) is 6.01. The van der Waals surface area contributed by atoms with Crippen LogP contribution in [0, 0.1) is 0 Å². The molecule has 2 aliphatic rings. The Hall–Kier alpha value is -2.81. The van der Waals surface area contributed by atoms with E-state index in [2.05, 4.69) is 15.8 Å². The third-order valence-electron chi connectivity index (χ3n) is 4.33. The van der Waals surface area contributed by atoms with E-state index in [-0.39, 0.29) is 18.6 Å². The highest BCUT2D eigenvalue weighted by Crippen LogP contribution is 2.31. The molecule has 2 amide bonds. The molecule has 1 fully saturated rings. The molecule has 0 unspecified atom stereocenters. The number of rotatable bonds is 3. The molecule has 26 heavy (non-hydrogen) atoms. The van der Waals surface area contributed by atoms with Gasteiger partial charge in [-0.05, 0) is 25.0 Å². The highest BCUT2D eigenvalue weighted by molar-refractivity contribution is 7.13. The molecule has 2 aliphatic heterocycles. The van der Waals surface area contributed by atoms with Crippen LogP contribution in [0.2, 0.25) is 0 Å². The van der Waals surface area contributed by atoms with Crippen molar-refractivity contribution in [2.45, 2.75) is 25.0 Å². The molecule has 0 saturated carbocycles. The van der Waals surface area contributed by atoms with Crippen molar-refractivity contribution in [3.63, 3.8) is 0 Å². The lowest BCUT2D eigenvalue weighted by Gasteiger charge is -2.26. The van der Waals surface area contributed by atoms with E-state index in [9.17, 15) is 9.59 Å². The van der Waals surface area contributed by atoms with Crippen LogP contribution < -0.4 is 25.2 Å². The van der Waals surface area contributed by atoms with Crippen LogP contribution in [0.1, 0.15) is 12.8 Å². The van der Waals surface area contributed by atoms with Gasteiger partial charge in [-0.25, -0.2) is 4.98 Å². The number of benzene rings is 1. The summed E-state index contributed by atoms with van der Waals surface area (Å²) in [6.07, 6.45) is 2.52. The minimum absolute atomic E-state index is 0.0907. The molecule has 0 radical (unpaired) electrons. The number of nitrogens with zero attached hydrogens (tertiary/aromatic N) is 2. The Morgan fingerprint density at radius 2 is 2.00 bits per heavy atom. The van der Waals surface area contributed by atoms with Gasteiger partial charge in [0.25, 0.3) is 11.8 Å². The summed E-state index contributed by atoms with van der Waals surface area (Å²) in [5.74, 6) is 0.399. The summed E-state index contributed by atoms with van der Waals surface area (Å²) < 4.78 is 11.1. The number of ether oxygens (including phenoxy) is 2. The number of fused-ring (bicyclic) bond motifs is 1. The van der Waals surface area contributed by atoms with Crippen LogP contribution >= 0.6 is 11.3 Å². The molecule has 9 heteroatoms. The molecule has 0 bridgehead atoms. The lowest BCUT2D eigenvalue weighted by atomic mass is 10.2. The number of anilines is 1. The highest BCUT2D eigenvalue weighted by Gasteiger charge is 2.33. The third-order valence-corrected chi connectivity index (χ3v) is 5.14. The monoisotopic (exact) mass is 374 g/mol. The average molecular weight is 374 g/mol. The molecule has 1 aromatic carbocycles. The van der Waals surface area contributed by atoms with Crippen LogP contribution in [-0.4, -0.2) is 42.1 Å². The van der Waals surface area contributed by atoms with E-state index in [1.165, 1.54) is 11.3 Å². The number of hydrogen-bond donors (Lipinski definition) is 2. The summed E-state index contributed by atoms with van der Waals surface area (Å²) in [4.78, 5) is 31.0. The number of para-hydroxylation sites is 2. The zero-order valence-electron chi connectivity index (χ0n) is 13.9. The molecule has 1 saturated heterocycles. The fraction of sp³-hybridized carbons (Fsp3) is 0.353.